The third-order valence-corrected chi connectivity index (χ3v) is 2.77. The highest BCUT2D eigenvalue weighted by Gasteiger charge is 2.14. The largest absolute Gasteiger partial charge is 0.486 e. The Labute approximate surface area is 97.6 Å². The van der Waals surface area contributed by atoms with Gasteiger partial charge in [0.1, 0.15) is 13.2 Å². The van der Waals surface area contributed by atoms with Gasteiger partial charge in [-0.3, -0.25) is 0 Å². The monoisotopic (exact) mass is 220 g/mol. The fraction of sp³-hybridized carbons (Fsp3) is 0.571. The molecule has 1 aliphatic rings. The number of hydrogen-bond donors (Lipinski definition) is 0. The summed E-state index contributed by atoms with van der Waals surface area (Å²) in [5.41, 5.74) is 1.71. The maximum Gasteiger partial charge on any atom is 0.161 e. The summed E-state index contributed by atoms with van der Waals surface area (Å²) in [6.45, 7) is 8.13. The summed E-state index contributed by atoms with van der Waals surface area (Å²) in [7, 11) is 0. The molecule has 2 rings (SSSR count). The molecule has 0 saturated heterocycles. The van der Waals surface area contributed by atoms with Gasteiger partial charge in [-0.1, -0.05) is 26.8 Å². The van der Waals surface area contributed by atoms with Crippen molar-refractivity contribution >= 4 is 0 Å². The molecule has 2 nitrogen and oxygen atoms in total. The molecule has 0 saturated carbocycles. The minimum Gasteiger partial charge on any atom is -0.486 e. The van der Waals surface area contributed by atoms with Crippen LogP contribution in [0.1, 0.15) is 32.8 Å². The van der Waals surface area contributed by atoms with E-state index < -0.39 is 0 Å². The molecule has 1 aliphatic heterocycles. The van der Waals surface area contributed by atoms with Crippen LogP contribution in [0.25, 0.3) is 0 Å². The van der Waals surface area contributed by atoms with E-state index in [1.165, 1.54) is 12.0 Å². The number of ether oxygens (including phenoxy) is 2. The average Bonchev–Trinajstić information content (AvgIpc) is 2.25. The number of aryl methyl sites for hydroxylation is 1. The van der Waals surface area contributed by atoms with Crippen LogP contribution in [0.5, 0.6) is 11.5 Å². The predicted octanol–water partition coefficient (Wildman–Crippen LogP) is 3.44. The Bertz CT molecular complexity index is 363. The standard InChI is InChI=1S/C14H20O2/c1-14(2,3)7-6-11-4-5-12-13(10-11)16-9-8-15-12/h4-5,10H,6-9H2,1-3H3. The van der Waals surface area contributed by atoms with Crippen molar-refractivity contribution < 1.29 is 9.47 Å². The lowest BCUT2D eigenvalue weighted by atomic mass is 9.88. The van der Waals surface area contributed by atoms with Gasteiger partial charge in [0.15, 0.2) is 11.5 Å². The van der Waals surface area contributed by atoms with E-state index in [9.17, 15) is 0 Å². The summed E-state index contributed by atoms with van der Waals surface area (Å²) < 4.78 is 11.1. The van der Waals surface area contributed by atoms with Crippen LogP contribution < -0.4 is 9.47 Å². The van der Waals surface area contributed by atoms with E-state index in [-0.39, 0.29) is 0 Å². The molecule has 2 heteroatoms. The van der Waals surface area contributed by atoms with Gasteiger partial charge < -0.3 is 9.47 Å². The molecule has 0 spiro atoms. The minimum atomic E-state index is 0.382. The van der Waals surface area contributed by atoms with Gasteiger partial charge in [0, 0.05) is 0 Å². The molecule has 1 heterocycles. The third kappa shape index (κ3) is 2.91. The highest BCUT2D eigenvalue weighted by atomic mass is 16.6. The van der Waals surface area contributed by atoms with Gasteiger partial charge >= 0.3 is 0 Å². The fourth-order valence-electron chi connectivity index (χ4n) is 1.76. The van der Waals surface area contributed by atoms with Crippen LogP contribution in [0.4, 0.5) is 0 Å². The molecule has 16 heavy (non-hydrogen) atoms. The van der Waals surface area contributed by atoms with Gasteiger partial charge in [0.25, 0.3) is 0 Å². The van der Waals surface area contributed by atoms with Crippen molar-refractivity contribution in [2.45, 2.75) is 33.6 Å². The van der Waals surface area contributed by atoms with E-state index in [0.717, 1.165) is 17.9 Å². The molecule has 0 radical (unpaired) electrons. The van der Waals surface area contributed by atoms with Gasteiger partial charge in [0.05, 0.1) is 0 Å². The van der Waals surface area contributed by atoms with Gasteiger partial charge in [0.2, 0.25) is 0 Å². The Hall–Kier alpha value is -1.18. The minimum absolute atomic E-state index is 0.382. The molecular formula is C14H20O2. The first-order valence-corrected chi connectivity index (χ1v) is 5.93. The first-order chi connectivity index (χ1) is 7.54. The molecule has 0 aliphatic carbocycles. The molecule has 0 amide bonds. The Balaban J connectivity index is 2.06. The van der Waals surface area contributed by atoms with E-state index in [0.29, 0.717) is 18.6 Å². The normalized spacial score (nSPS) is 14.9. The third-order valence-electron chi connectivity index (χ3n) is 2.77. The second kappa shape index (κ2) is 4.36. The number of benzene rings is 1. The maximum absolute atomic E-state index is 5.57. The summed E-state index contributed by atoms with van der Waals surface area (Å²) in [6, 6.07) is 6.27. The van der Waals surface area contributed by atoms with Crippen molar-refractivity contribution in [1.82, 2.24) is 0 Å². The van der Waals surface area contributed by atoms with Gasteiger partial charge in [-0.15, -0.1) is 0 Å². The van der Waals surface area contributed by atoms with Gasteiger partial charge in [-0.25, -0.2) is 0 Å². The quantitative estimate of drug-likeness (QED) is 0.760. The summed E-state index contributed by atoms with van der Waals surface area (Å²) in [5, 5.41) is 0. The Morgan fingerprint density at radius 1 is 1.06 bits per heavy atom. The first-order valence-electron chi connectivity index (χ1n) is 5.93. The highest BCUT2D eigenvalue weighted by Crippen LogP contribution is 2.32. The van der Waals surface area contributed by atoms with E-state index in [4.69, 9.17) is 9.47 Å². The summed E-state index contributed by atoms with van der Waals surface area (Å²) in [4.78, 5) is 0. The second-order valence-electron chi connectivity index (χ2n) is 5.54. The van der Waals surface area contributed by atoms with Crippen LogP contribution in [0, 0.1) is 5.41 Å². The summed E-state index contributed by atoms with van der Waals surface area (Å²) in [5.74, 6) is 1.78. The van der Waals surface area contributed by atoms with Crippen LogP contribution in [0.2, 0.25) is 0 Å². The number of rotatable bonds is 2. The molecule has 0 N–H and O–H groups in total. The predicted molar refractivity (Wildman–Crippen MR) is 65.2 cm³/mol. The van der Waals surface area contributed by atoms with Crippen molar-refractivity contribution in [3.8, 4) is 11.5 Å². The highest BCUT2D eigenvalue weighted by molar-refractivity contribution is 5.43. The van der Waals surface area contributed by atoms with Crippen molar-refractivity contribution in [2.75, 3.05) is 13.2 Å². The van der Waals surface area contributed by atoms with Crippen LogP contribution in [0.15, 0.2) is 18.2 Å². The Morgan fingerprint density at radius 3 is 2.44 bits per heavy atom. The average molecular weight is 220 g/mol. The number of hydrogen-bond acceptors (Lipinski definition) is 2. The molecular weight excluding hydrogens is 200 g/mol. The van der Waals surface area contributed by atoms with Crippen molar-refractivity contribution in [3.63, 3.8) is 0 Å². The van der Waals surface area contributed by atoms with Crippen LogP contribution >= 0.6 is 0 Å². The first kappa shape index (κ1) is 11.3. The van der Waals surface area contributed by atoms with Crippen molar-refractivity contribution in [3.05, 3.63) is 23.8 Å². The molecule has 0 fully saturated rings. The summed E-state index contributed by atoms with van der Waals surface area (Å²) in [6.07, 6.45) is 2.28. The van der Waals surface area contributed by atoms with Crippen molar-refractivity contribution in [2.24, 2.45) is 5.41 Å². The van der Waals surface area contributed by atoms with E-state index in [1.54, 1.807) is 0 Å². The lowest BCUT2D eigenvalue weighted by Crippen LogP contribution is -2.15. The van der Waals surface area contributed by atoms with Crippen LogP contribution in [-0.4, -0.2) is 13.2 Å². The van der Waals surface area contributed by atoms with Crippen molar-refractivity contribution in [1.29, 1.82) is 0 Å². The number of fused-ring (bicyclic) bond motifs is 1. The SMILES string of the molecule is CC(C)(C)CCc1ccc2c(c1)OCCO2. The zero-order valence-electron chi connectivity index (χ0n) is 10.4. The van der Waals surface area contributed by atoms with E-state index in [1.807, 2.05) is 6.07 Å². The smallest absolute Gasteiger partial charge is 0.161 e. The van der Waals surface area contributed by atoms with E-state index >= 15 is 0 Å². The van der Waals surface area contributed by atoms with Gasteiger partial charge in [-0.2, -0.15) is 0 Å². The maximum atomic E-state index is 5.57. The molecule has 1 aromatic rings. The molecule has 0 aromatic heterocycles. The Morgan fingerprint density at radius 2 is 1.75 bits per heavy atom. The lowest BCUT2D eigenvalue weighted by Gasteiger charge is -2.20. The Kier molecular flexibility index (Phi) is 3.08. The zero-order valence-corrected chi connectivity index (χ0v) is 10.4. The zero-order chi connectivity index (χ0) is 11.6. The topological polar surface area (TPSA) is 18.5 Å². The second-order valence-corrected chi connectivity index (χ2v) is 5.54. The lowest BCUT2D eigenvalue weighted by molar-refractivity contribution is 0.171. The van der Waals surface area contributed by atoms with E-state index in [2.05, 4.69) is 32.9 Å². The van der Waals surface area contributed by atoms with Crippen LogP contribution in [0.3, 0.4) is 0 Å². The van der Waals surface area contributed by atoms with Gasteiger partial charge in [-0.05, 0) is 36.0 Å². The molecule has 88 valence electrons. The van der Waals surface area contributed by atoms with Crippen LogP contribution in [-0.2, 0) is 6.42 Å². The molecule has 1 aromatic carbocycles. The molecule has 0 unspecified atom stereocenters. The fourth-order valence-corrected chi connectivity index (χ4v) is 1.76. The summed E-state index contributed by atoms with van der Waals surface area (Å²) >= 11 is 0. The molecule has 0 bridgehead atoms. The molecule has 0 atom stereocenters.